The van der Waals surface area contributed by atoms with Gasteiger partial charge in [-0.15, -0.1) is 0 Å². The van der Waals surface area contributed by atoms with Gasteiger partial charge in [-0.25, -0.2) is 19.2 Å². The van der Waals surface area contributed by atoms with Crippen molar-refractivity contribution in [2.75, 3.05) is 10.6 Å². The van der Waals surface area contributed by atoms with Gasteiger partial charge in [0.2, 0.25) is 0 Å². The molecule has 2 aromatic carbocycles. The Kier molecular flexibility index (Phi) is 10.7. The van der Waals surface area contributed by atoms with Gasteiger partial charge in [-0.3, -0.25) is 9.59 Å². The van der Waals surface area contributed by atoms with Gasteiger partial charge in [0.15, 0.2) is 0 Å². The maximum Gasteiger partial charge on any atom is 2.00 e. The molecule has 2 aromatic rings. The first-order chi connectivity index (χ1) is 14.0. The molecular weight excluding hydrogens is 463 g/mol. The molecule has 0 aliphatic heterocycles. The fourth-order valence-electron chi connectivity index (χ4n) is 1.76. The molecule has 0 saturated carbocycles. The van der Waals surface area contributed by atoms with Gasteiger partial charge in [0.05, 0.1) is 11.1 Å². The third kappa shape index (κ3) is 9.20. The first-order valence-corrected chi connectivity index (χ1v) is 7.76. The minimum Gasteiger partial charge on any atom is -0.478 e. The number of carboxylic acids is 4. The van der Waals surface area contributed by atoms with E-state index in [2.05, 4.69) is 10.6 Å². The molecule has 0 fully saturated rings. The number of aromatic carboxylic acids is 2. The Morgan fingerprint density at radius 1 is 0.516 bits per heavy atom. The van der Waals surface area contributed by atoms with Gasteiger partial charge in [-0.1, -0.05) is 0 Å². The van der Waals surface area contributed by atoms with Crippen molar-refractivity contribution in [3.05, 3.63) is 59.7 Å². The Balaban J connectivity index is 0.000000562. The van der Waals surface area contributed by atoms with Gasteiger partial charge in [-0.2, -0.15) is 0 Å². The van der Waals surface area contributed by atoms with E-state index in [4.69, 9.17) is 20.4 Å². The molecule has 6 N–H and O–H groups in total. The smallest absolute Gasteiger partial charge is 0.478 e. The maximum absolute atomic E-state index is 10.7. The average Bonchev–Trinajstić information content (AvgIpc) is 2.69. The van der Waals surface area contributed by atoms with E-state index in [1.165, 1.54) is 48.5 Å². The number of aliphatic carboxylic acids is 2. The molecule has 0 saturated heterocycles. The van der Waals surface area contributed by atoms with E-state index in [-0.39, 0.29) is 39.3 Å². The van der Waals surface area contributed by atoms with Gasteiger partial charge in [0.25, 0.3) is 0 Å². The van der Waals surface area contributed by atoms with E-state index in [9.17, 15) is 28.8 Å². The summed E-state index contributed by atoms with van der Waals surface area (Å²) in [7, 11) is 0. The van der Waals surface area contributed by atoms with Crippen molar-refractivity contribution in [1.82, 2.24) is 0 Å². The number of rotatable bonds is 4. The number of carbonyl (C=O) groups excluding carboxylic acids is 2. The molecule has 0 atom stereocenters. The third-order valence-corrected chi connectivity index (χ3v) is 3.17. The minimum atomic E-state index is -1.60. The number of carboxylic acid groups (broad SMARTS) is 4. The average molecular weight is 477 g/mol. The number of anilines is 2. The Bertz CT molecular complexity index is 906. The van der Waals surface area contributed by atoms with Crippen LogP contribution in [0.15, 0.2) is 48.5 Å². The van der Waals surface area contributed by atoms with E-state index in [1.54, 1.807) is 0 Å². The molecule has 13 heteroatoms. The molecule has 12 nitrogen and oxygen atoms in total. The van der Waals surface area contributed by atoms with Crippen molar-refractivity contribution in [2.24, 2.45) is 0 Å². The largest absolute Gasteiger partial charge is 2.00 e. The predicted molar refractivity (Wildman–Crippen MR) is 99.3 cm³/mol. The van der Waals surface area contributed by atoms with Gasteiger partial charge >= 0.3 is 52.5 Å². The van der Waals surface area contributed by atoms with E-state index < -0.39 is 35.7 Å². The summed E-state index contributed by atoms with van der Waals surface area (Å²) in [5.74, 6) is -7.72. The van der Waals surface area contributed by atoms with Crippen LogP contribution in [0.1, 0.15) is 20.7 Å². The van der Waals surface area contributed by atoms with E-state index >= 15 is 0 Å². The first kappa shape index (κ1) is 26.8. The number of amides is 2. The van der Waals surface area contributed by atoms with Gasteiger partial charge in [-0.05, 0) is 48.5 Å². The molecule has 0 unspecified atom stereocenters. The van der Waals surface area contributed by atoms with Crippen molar-refractivity contribution in [3.63, 3.8) is 0 Å². The Hall–Kier alpha value is -4.23. The van der Waals surface area contributed by atoms with Gasteiger partial charge in [0.1, 0.15) is 0 Å². The SMILES string of the molecule is O=C(O)C(=O)Nc1ccc(C(=O)O)cc1.O=C(O)C(=O)Nc1ccc(C(=O)O)cc1.[Co+2]. The van der Waals surface area contributed by atoms with E-state index in [0.717, 1.165) is 0 Å². The summed E-state index contributed by atoms with van der Waals surface area (Å²) in [6.07, 6.45) is 0. The van der Waals surface area contributed by atoms with E-state index in [0.29, 0.717) is 0 Å². The Labute approximate surface area is 183 Å². The zero-order chi connectivity index (χ0) is 22.8. The van der Waals surface area contributed by atoms with Crippen molar-refractivity contribution >= 4 is 47.1 Å². The van der Waals surface area contributed by atoms with Crippen LogP contribution in [-0.4, -0.2) is 56.1 Å². The van der Waals surface area contributed by atoms with Gasteiger partial charge in [0, 0.05) is 11.4 Å². The second-order valence-electron chi connectivity index (χ2n) is 5.28. The predicted octanol–water partition coefficient (Wildman–Crippen LogP) is 0.813. The number of hydrogen-bond acceptors (Lipinski definition) is 6. The molecule has 163 valence electrons. The van der Waals surface area contributed by atoms with Crippen LogP contribution in [0.2, 0.25) is 0 Å². The number of benzene rings is 2. The monoisotopic (exact) mass is 477 g/mol. The van der Waals surface area contributed by atoms with Crippen LogP contribution in [-0.2, 0) is 36.0 Å². The molecule has 0 spiro atoms. The summed E-state index contributed by atoms with van der Waals surface area (Å²) in [5.41, 5.74) is 0.575. The number of hydrogen-bond donors (Lipinski definition) is 6. The number of nitrogens with one attached hydrogen (secondary N) is 2. The zero-order valence-electron chi connectivity index (χ0n) is 15.2. The molecule has 2 rings (SSSR count). The van der Waals surface area contributed by atoms with Crippen LogP contribution >= 0.6 is 0 Å². The summed E-state index contributed by atoms with van der Waals surface area (Å²) < 4.78 is 0. The van der Waals surface area contributed by atoms with Crippen molar-refractivity contribution < 1.29 is 66.0 Å². The Morgan fingerprint density at radius 2 is 0.774 bits per heavy atom. The first-order valence-electron chi connectivity index (χ1n) is 7.76. The second kappa shape index (κ2) is 12.4. The fraction of sp³-hybridized carbons (Fsp3) is 0. The summed E-state index contributed by atoms with van der Waals surface area (Å²) >= 11 is 0. The molecule has 2 amide bonds. The molecular formula is C18H14CoN2O10+2. The standard InChI is InChI=1S/2C9H7NO5.Co/c2*11-7(9(14)15)10-6-3-1-5(2-4-6)8(12)13;/h2*1-4H,(H,10,11)(H,12,13)(H,14,15);/q;;+2. The zero-order valence-corrected chi connectivity index (χ0v) is 16.2. The van der Waals surface area contributed by atoms with Crippen molar-refractivity contribution in [2.45, 2.75) is 0 Å². The summed E-state index contributed by atoms with van der Waals surface area (Å²) in [4.78, 5) is 62.7. The van der Waals surface area contributed by atoms with Crippen molar-refractivity contribution in [1.29, 1.82) is 0 Å². The van der Waals surface area contributed by atoms with Crippen LogP contribution in [0.5, 0.6) is 0 Å². The topological polar surface area (TPSA) is 207 Å². The minimum absolute atomic E-state index is 0. The Morgan fingerprint density at radius 3 is 0.968 bits per heavy atom. The molecule has 0 bridgehead atoms. The van der Waals surface area contributed by atoms with Crippen LogP contribution in [0.4, 0.5) is 11.4 Å². The van der Waals surface area contributed by atoms with Crippen LogP contribution in [0.25, 0.3) is 0 Å². The van der Waals surface area contributed by atoms with Crippen LogP contribution < -0.4 is 10.6 Å². The molecule has 0 aliphatic carbocycles. The molecule has 31 heavy (non-hydrogen) atoms. The van der Waals surface area contributed by atoms with E-state index in [1.807, 2.05) is 0 Å². The summed E-state index contributed by atoms with van der Waals surface area (Å²) in [5, 5.41) is 37.8. The fourth-order valence-corrected chi connectivity index (χ4v) is 1.76. The molecule has 0 aromatic heterocycles. The maximum atomic E-state index is 10.7. The molecule has 0 aliphatic rings. The van der Waals surface area contributed by atoms with Crippen LogP contribution in [0.3, 0.4) is 0 Å². The normalized spacial score (nSPS) is 9.03. The quantitative estimate of drug-likeness (QED) is 0.342. The summed E-state index contributed by atoms with van der Waals surface area (Å²) in [6.45, 7) is 0. The van der Waals surface area contributed by atoms with Crippen LogP contribution in [0, 0.1) is 0 Å². The number of carbonyl (C=O) groups is 6. The second-order valence-corrected chi connectivity index (χ2v) is 5.28. The summed E-state index contributed by atoms with van der Waals surface area (Å²) in [6, 6.07) is 10.3. The van der Waals surface area contributed by atoms with Crippen molar-refractivity contribution in [3.8, 4) is 0 Å². The molecule has 0 heterocycles. The van der Waals surface area contributed by atoms with Gasteiger partial charge < -0.3 is 31.1 Å². The third-order valence-electron chi connectivity index (χ3n) is 3.17. The molecule has 1 radical (unpaired) electrons.